The molecule has 0 unspecified atom stereocenters. The number of methoxy groups -OCH3 is 2. The molecule has 1 aliphatic rings. The molecule has 0 heterocycles. The topological polar surface area (TPSA) is 47.6 Å². The number of rotatable bonds is 5. The second-order valence-corrected chi connectivity index (χ2v) is 5.87. The molecule has 0 aromatic heterocycles. The van der Waals surface area contributed by atoms with Crippen molar-refractivity contribution in [2.75, 3.05) is 14.2 Å². The Kier molecular flexibility index (Phi) is 4.69. The molecule has 0 radical (unpaired) electrons. The van der Waals surface area contributed by atoms with Crippen LogP contribution in [0.3, 0.4) is 0 Å². The fourth-order valence-corrected chi connectivity index (χ4v) is 3.16. The van der Waals surface area contributed by atoms with Crippen molar-refractivity contribution in [3.05, 3.63) is 58.9 Å². The van der Waals surface area contributed by atoms with Crippen LogP contribution in [0.4, 0.5) is 4.39 Å². The molecule has 0 aliphatic heterocycles. The Labute approximate surface area is 140 Å². The number of aryl methyl sites for hydroxylation is 1. The molecule has 1 aliphatic carbocycles. The van der Waals surface area contributed by atoms with Crippen LogP contribution >= 0.6 is 0 Å². The van der Waals surface area contributed by atoms with Crippen LogP contribution in [0.15, 0.2) is 36.4 Å². The average Bonchev–Trinajstić information content (AvgIpc) is 2.96. The molecule has 0 saturated carbocycles. The maximum Gasteiger partial charge on any atom is 0.224 e. The number of hydrogen-bond donors (Lipinski definition) is 1. The lowest BCUT2D eigenvalue weighted by atomic mass is 10.1. The fourth-order valence-electron chi connectivity index (χ4n) is 3.16. The van der Waals surface area contributed by atoms with E-state index in [0.29, 0.717) is 11.5 Å². The SMILES string of the molecule is COc1ccc(CC(=O)N[C@@H]2CCc3cc(F)ccc32)cc1OC. The van der Waals surface area contributed by atoms with Gasteiger partial charge in [0.2, 0.25) is 5.91 Å². The molecule has 2 aromatic carbocycles. The minimum absolute atomic E-state index is 0.0479. The van der Waals surface area contributed by atoms with Gasteiger partial charge < -0.3 is 14.8 Å². The molecular formula is C19H20FNO3. The van der Waals surface area contributed by atoms with Crippen molar-refractivity contribution in [3.8, 4) is 11.5 Å². The maximum atomic E-state index is 13.3. The monoisotopic (exact) mass is 329 g/mol. The second-order valence-electron chi connectivity index (χ2n) is 5.87. The second kappa shape index (κ2) is 6.91. The number of carbonyl (C=O) groups is 1. The summed E-state index contributed by atoms with van der Waals surface area (Å²) in [4.78, 5) is 12.3. The number of ether oxygens (including phenoxy) is 2. The van der Waals surface area contributed by atoms with E-state index >= 15 is 0 Å². The van der Waals surface area contributed by atoms with Gasteiger partial charge in [-0.05, 0) is 53.8 Å². The molecule has 2 aromatic rings. The lowest BCUT2D eigenvalue weighted by molar-refractivity contribution is -0.121. The fraction of sp³-hybridized carbons (Fsp3) is 0.316. The Morgan fingerprint density at radius 3 is 2.71 bits per heavy atom. The zero-order chi connectivity index (χ0) is 17.1. The summed E-state index contributed by atoms with van der Waals surface area (Å²) in [5.41, 5.74) is 2.84. The number of amides is 1. The van der Waals surface area contributed by atoms with Gasteiger partial charge in [-0.3, -0.25) is 4.79 Å². The lowest BCUT2D eigenvalue weighted by Gasteiger charge is -2.15. The summed E-state index contributed by atoms with van der Waals surface area (Å²) in [6, 6.07) is 10.1. The molecule has 1 amide bonds. The van der Waals surface area contributed by atoms with E-state index in [1.165, 1.54) is 6.07 Å². The summed E-state index contributed by atoms with van der Waals surface area (Å²) in [5.74, 6) is 0.938. The smallest absolute Gasteiger partial charge is 0.224 e. The molecular weight excluding hydrogens is 309 g/mol. The predicted molar refractivity (Wildman–Crippen MR) is 88.9 cm³/mol. The number of hydrogen-bond acceptors (Lipinski definition) is 3. The summed E-state index contributed by atoms with van der Waals surface area (Å²) in [6.45, 7) is 0. The van der Waals surface area contributed by atoms with E-state index in [9.17, 15) is 9.18 Å². The summed E-state index contributed by atoms with van der Waals surface area (Å²) in [6.07, 6.45) is 1.85. The summed E-state index contributed by atoms with van der Waals surface area (Å²) in [5, 5.41) is 3.04. The highest BCUT2D eigenvalue weighted by atomic mass is 19.1. The quantitative estimate of drug-likeness (QED) is 0.916. The third-order valence-electron chi connectivity index (χ3n) is 4.33. The third-order valence-corrected chi connectivity index (χ3v) is 4.33. The van der Waals surface area contributed by atoms with Gasteiger partial charge in [0.15, 0.2) is 11.5 Å². The van der Waals surface area contributed by atoms with E-state index in [0.717, 1.165) is 29.5 Å². The van der Waals surface area contributed by atoms with Crippen LogP contribution in [-0.2, 0) is 17.6 Å². The van der Waals surface area contributed by atoms with Crippen molar-refractivity contribution < 1.29 is 18.7 Å². The Bertz CT molecular complexity index is 760. The van der Waals surface area contributed by atoms with Gasteiger partial charge in [0.1, 0.15) is 5.82 Å². The molecule has 5 heteroatoms. The number of carbonyl (C=O) groups excluding carboxylic acids is 1. The molecule has 1 atom stereocenters. The molecule has 3 rings (SSSR count). The van der Waals surface area contributed by atoms with E-state index in [-0.39, 0.29) is 24.2 Å². The normalized spacial score (nSPS) is 15.7. The zero-order valence-electron chi connectivity index (χ0n) is 13.8. The third kappa shape index (κ3) is 3.35. The Morgan fingerprint density at radius 1 is 1.17 bits per heavy atom. The Hall–Kier alpha value is -2.56. The van der Waals surface area contributed by atoms with E-state index in [1.807, 2.05) is 6.07 Å². The maximum absolute atomic E-state index is 13.3. The first kappa shape index (κ1) is 16.3. The van der Waals surface area contributed by atoms with E-state index in [1.54, 1.807) is 38.5 Å². The van der Waals surface area contributed by atoms with Gasteiger partial charge in [-0.2, -0.15) is 0 Å². The largest absolute Gasteiger partial charge is 0.493 e. The zero-order valence-corrected chi connectivity index (χ0v) is 13.8. The van der Waals surface area contributed by atoms with Gasteiger partial charge >= 0.3 is 0 Å². The van der Waals surface area contributed by atoms with Crippen LogP contribution in [0.5, 0.6) is 11.5 Å². The van der Waals surface area contributed by atoms with Gasteiger partial charge in [0.05, 0.1) is 26.7 Å². The first-order chi connectivity index (χ1) is 11.6. The van der Waals surface area contributed by atoms with Gasteiger partial charge in [0, 0.05) is 0 Å². The number of benzene rings is 2. The molecule has 0 bridgehead atoms. The highest BCUT2D eigenvalue weighted by Crippen LogP contribution is 2.32. The van der Waals surface area contributed by atoms with Crippen molar-refractivity contribution in [1.82, 2.24) is 5.32 Å². The minimum Gasteiger partial charge on any atom is -0.493 e. The van der Waals surface area contributed by atoms with Crippen molar-refractivity contribution >= 4 is 5.91 Å². The van der Waals surface area contributed by atoms with E-state index in [2.05, 4.69) is 5.32 Å². The molecule has 1 N–H and O–H groups in total. The average molecular weight is 329 g/mol. The van der Waals surface area contributed by atoms with Gasteiger partial charge in [-0.15, -0.1) is 0 Å². The first-order valence-electron chi connectivity index (χ1n) is 7.89. The van der Waals surface area contributed by atoms with Crippen LogP contribution in [-0.4, -0.2) is 20.1 Å². The summed E-state index contributed by atoms with van der Waals surface area (Å²) >= 11 is 0. The minimum atomic E-state index is -0.231. The summed E-state index contributed by atoms with van der Waals surface area (Å²) in [7, 11) is 3.14. The van der Waals surface area contributed by atoms with Crippen molar-refractivity contribution in [2.45, 2.75) is 25.3 Å². The van der Waals surface area contributed by atoms with E-state index < -0.39 is 0 Å². The lowest BCUT2D eigenvalue weighted by Crippen LogP contribution is -2.28. The standard InChI is InChI=1S/C19H20FNO3/c1-23-17-8-3-12(9-18(17)24-2)10-19(22)21-16-7-4-13-11-14(20)5-6-15(13)16/h3,5-6,8-9,11,16H,4,7,10H2,1-2H3,(H,21,22)/t16-/m1/s1. The highest BCUT2D eigenvalue weighted by Gasteiger charge is 2.24. The molecule has 126 valence electrons. The van der Waals surface area contributed by atoms with Crippen LogP contribution in [0.25, 0.3) is 0 Å². The van der Waals surface area contributed by atoms with Gasteiger partial charge in [-0.25, -0.2) is 4.39 Å². The van der Waals surface area contributed by atoms with Gasteiger partial charge in [0.25, 0.3) is 0 Å². The molecule has 0 spiro atoms. The number of halogens is 1. The summed E-state index contributed by atoms with van der Waals surface area (Å²) < 4.78 is 23.7. The van der Waals surface area contributed by atoms with Crippen LogP contribution in [0, 0.1) is 5.82 Å². The Balaban J connectivity index is 1.67. The van der Waals surface area contributed by atoms with E-state index in [4.69, 9.17) is 9.47 Å². The van der Waals surface area contributed by atoms with Crippen molar-refractivity contribution in [3.63, 3.8) is 0 Å². The van der Waals surface area contributed by atoms with Crippen LogP contribution in [0.1, 0.15) is 29.2 Å². The number of fused-ring (bicyclic) bond motifs is 1. The molecule has 4 nitrogen and oxygen atoms in total. The van der Waals surface area contributed by atoms with Crippen molar-refractivity contribution in [1.29, 1.82) is 0 Å². The predicted octanol–water partition coefficient (Wildman–Crippen LogP) is 3.19. The Morgan fingerprint density at radius 2 is 1.96 bits per heavy atom. The molecule has 0 fully saturated rings. The first-order valence-corrected chi connectivity index (χ1v) is 7.89. The highest BCUT2D eigenvalue weighted by molar-refractivity contribution is 5.79. The molecule has 0 saturated heterocycles. The number of nitrogens with one attached hydrogen (secondary N) is 1. The van der Waals surface area contributed by atoms with Crippen LogP contribution in [0.2, 0.25) is 0 Å². The van der Waals surface area contributed by atoms with Crippen LogP contribution < -0.4 is 14.8 Å². The molecule has 24 heavy (non-hydrogen) atoms. The van der Waals surface area contributed by atoms with Crippen molar-refractivity contribution in [2.24, 2.45) is 0 Å². The van der Waals surface area contributed by atoms with Gasteiger partial charge in [-0.1, -0.05) is 12.1 Å².